The number of halogens is 1. The number of hydrogen-bond donors (Lipinski definition) is 0. The zero-order valence-corrected chi connectivity index (χ0v) is 21.7. The normalized spacial score (nSPS) is 10.9. The highest BCUT2D eigenvalue weighted by Gasteiger charge is 2.12. The van der Waals surface area contributed by atoms with Crippen LogP contribution >= 0.6 is 11.6 Å². The van der Waals surface area contributed by atoms with Crippen LogP contribution in [0.15, 0.2) is 133 Å². The monoisotopic (exact) mass is 508 g/mol. The van der Waals surface area contributed by atoms with Crippen LogP contribution in [0.3, 0.4) is 0 Å². The molecule has 5 aromatic carbocycles. The second-order valence-corrected chi connectivity index (χ2v) is 9.75. The van der Waals surface area contributed by atoms with Crippen molar-refractivity contribution in [3.63, 3.8) is 0 Å². The number of hydrogen-bond acceptors (Lipinski definition) is 2. The summed E-state index contributed by atoms with van der Waals surface area (Å²) in [5.41, 5.74) is 10.7. The van der Waals surface area contributed by atoms with Gasteiger partial charge >= 0.3 is 0 Å². The van der Waals surface area contributed by atoms with E-state index < -0.39 is 0 Å². The largest absolute Gasteiger partial charge is 0.228 e. The lowest BCUT2D eigenvalue weighted by molar-refractivity contribution is 1.18. The molecule has 0 amide bonds. The van der Waals surface area contributed by atoms with Crippen LogP contribution in [0.25, 0.3) is 56.2 Å². The van der Waals surface area contributed by atoms with Crippen molar-refractivity contribution in [3.05, 3.63) is 144 Å². The van der Waals surface area contributed by atoms with Crippen molar-refractivity contribution < 1.29 is 0 Å². The molecule has 0 saturated heterocycles. The molecule has 0 N–H and O–H groups in total. The van der Waals surface area contributed by atoms with Gasteiger partial charge in [0.25, 0.3) is 0 Å². The van der Waals surface area contributed by atoms with Crippen molar-refractivity contribution in [2.24, 2.45) is 0 Å². The molecule has 0 bridgehead atoms. The maximum atomic E-state index is 6.21. The minimum absolute atomic E-state index is 0.707. The minimum Gasteiger partial charge on any atom is -0.228 e. The third-order valence-corrected chi connectivity index (χ3v) is 6.94. The second kappa shape index (κ2) is 10.5. The predicted molar refractivity (Wildman–Crippen MR) is 159 cm³/mol. The van der Waals surface area contributed by atoms with E-state index in [2.05, 4.69) is 104 Å². The third kappa shape index (κ3) is 5.00. The maximum absolute atomic E-state index is 6.21. The first-order chi connectivity index (χ1) is 18.6. The quantitative estimate of drug-likeness (QED) is 0.231. The Labute approximate surface area is 228 Å². The molecule has 0 aliphatic heterocycles. The fraction of sp³-hybridized carbons (Fsp3) is 0.0286. The van der Waals surface area contributed by atoms with Gasteiger partial charge in [-0.25, -0.2) is 9.97 Å². The van der Waals surface area contributed by atoms with E-state index in [1.807, 2.05) is 36.4 Å². The van der Waals surface area contributed by atoms with Crippen molar-refractivity contribution in [3.8, 4) is 56.2 Å². The Balaban J connectivity index is 1.45. The maximum Gasteiger partial charge on any atom is 0.160 e. The van der Waals surface area contributed by atoms with Crippen molar-refractivity contribution in [2.45, 2.75) is 6.92 Å². The molecule has 2 nitrogen and oxygen atoms in total. The summed E-state index contributed by atoms with van der Waals surface area (Å²) < 4.78 is 0. The molecule has 0 aliphatic rings. The highest BCUT2D eigenvalue weighted by Crippen LogP contribution is 2.32. The van der Waals surface area contributed by atoms with Crippen LogP contribution in [0.1, 0.15) is 5.56 Å². The van der Waals surface area contributed by atoms with Gasteiger partial charge < -0.3 is 0 Å². The first kappa shape index (κ1) is 23.8. The lowest BCUT2D eigenvalue weighted by Gasteiger charge is -2.12. The van der Waals surface area contributed by atoms with Gasteiger partial charge in [-0.3, -0.25) is 0 Å². The van der Waals surface area contributed by atoms with E-state index >= 15 is 0 Å². The van der Waals surface area contributed by atoms with E-state index in [9.17, 15) is 0 Å². The average molecular weight is 509 g/mol. The zero-order valence-electron chi connectivity index (χ0n) is 21.0. The summed E-state index contributed by atoms with van der Waals surface area (Å²) in [6.45, 7) is 2.09. The SMILES string of the molecule is Cc1cc(Cl)ccc1-c1cccc(-c2cc(-c3ccc(-c4ccccc4)cc3)nc(-c3ccccc3)n2)c1. The molecule has 0 unspecified atom stereocenters. The van der Waals surface area contributed by atoms with Crippen molar-refractivity contribution >= 4 is 11.6 Å². The highest BCUT2D eigenvalue weighted by molar-refractivity contribution is 6.30. The molecule has 6 rings (SSSR count). The van der Waals surface area contributed by atoms with E-state index in [0.717, 1.165) is 49.8 Å². The van der Waals surface area contributed by atoms with E-state index in [-0.39, 0.29) is 0 Å². The van der Waals surface area contributed by atoms with Crippen LogP contribution in [0.4, 0.5) is 0 Å². The number of benzene rings is 5. The summed E-state index contributed by atoms with van der Waals surface area (Å²) >= 11 is 6.21. The third-order valence-electron chi connectivity index (χ3n) is 6.70. The van der Waals surface area contributed by atoms with Gasteiger partial charge in [-0.1, -0.05) is 121 Å². The molecular formula is C35H25ClN2. The Morgan fingerprint density at radius 3 is 1.68 bits per heavy atom. The molecule has 6 aromatic rings. The van der Waals surface area contributed by atoms with Gasteiger partial charge in [0.1, 0.15) is 0 Å². The average Bonchev–Trinajstić information content (AvgIpc) is 2.98. The molecule has 38 heavy (non-hydrogen) atoms. The lowest BCUT2D eigenvalue weighted by Crippen LogP contribution is -1.96. The van der Waals surface area contributed by atoms with Crippen LogP contribution in [0.2, 0.25) is 5.02 Å². The summed E-state index contributed by atoms with van der Waals surface area (Å²) in [4.78, 5) is 9.98. The Hall–Kier alpha value is -4.53. The molecule has 3 heteroatoms. The fourth-order valence-electron chi connectivity index (χ4n) is 4.72. The predicted octanol–water partition coefficient (Wildman–Crippen LogP) is 9.77. The highest BCUT2D eigenvalue weighted by atomic mass is 35.5. The molecule has 0 spiro atoms. The molecule has 0 atom stereocenters. The Morgan fingerprint density at radius 2 is 1.00 bits per heavy atom. The zero-order chi connectivity index (χ0) is 25.9. The molecule has 1 heterocycles. The molecular weight excluding hydrogens is 484 g/mol. The molecule has 1 aromatic heterocycles. The number of aromatic nitrogens is 2. The van der Waals surface area contributed by atoms with Gasteiger partial charge in [0.15, 0.2) is 5.82 Å². The number of nitrogens with zero attached hydrogens (tertiary/aromatic N) is 2. The van der Waals surface area contributed by atoms with E-state index in [0.29, 0.717) is 5.82 Å². The van der Waals surface area contributed by atoms with Gasteiger partial charge in [0.2, 0.25) is 0 Å². The van der Waals surface area contributed by atoms with Gasteiger partial charge in [-0.05, 0) is 59.0 Å². The Bertz CT molecular complexity index is 1710. The Kier molecular flexibility index (Phi) is 6.56. The van der Waals surface area contributed by atoms with Crippen LogP contribution in [-0.4, -0.2) is 9.97 Å². The van der Waals surface area contributed by atoms with E-state index in [1.54, 1.807) is 0 Å². The molecule has 182 valence electrons. The summed E-state index contributed by atoms with van der Waals surface area (Å²) in [6.07, 6.45) is 0. The van der Waals surface area contributed by atoms with Crippen molar-refractivity contribution in [1.82, 2.24) is 9.97 Å². The standard InChI is InChI=1S/C35H25ClN2/c1-24-21-31(36)19-20-32(24)29-13-8-14-30(22-29)34-23-33(37-35(38-34)28-11-6-3-7-12-28)27-17-15-26(16-18-27)25-9-4-2-5-10-25/h2-23H,1H3. The molecule has 0 radical (unpaired) electrons. The fourth-order valence-corrected chi connectivity index (χ4v) is 4.95. The summed E-state index contributed by atoms with van der Waals surface area (Å²) in [6, 6.07) is 45.7. The summed E-state index contributed by atoms with van der Waals surface area (Å²) in [7, 11) is 0. The van der Waals surface area contributed by atoms with Gasteiger partial charge in [0.05, 0.1) is 11.4 Å². The van der Waals surface area contributed by atoms with E-state index in [4.69, 9.17) is 21.6 Å². The van der Waals surface area contributed by atoms with Crippen molar-refractivity contribution in [1.29, 1.82) is 0 Å². The van der Waals surface area contributed by atoms with Crippen molar-refractivity contribution in [2.75, 3.05) is 0 Å². The van der Waals surface area contributed by atoms with Crippen LogP contribution in [0, 0.1) is 6.92 Å². The lowest BCUT2D eigenvalue weighted by atomic mass is 9.97. The number of rotatable bonds is 5. The summed E-state index contributed by atoms with van der Waals surface area (Å²) in [5, 5.41) is 0.744. The molecule has 0 fully saturated rings. The number of aryl methyl sites for hydroxylation is 1. The topological polar surface area (TPSA) is 25.8 Å². The first-order valence-corrected chi connectivity index (χ1v) is 13.0. The smallest absolute Gasteiger partial charge is 0.160 e. The first-order valence-electron chi connectivity index (χ1n) is 12.6. The minimum atomic E-state index is 0.707. The van der Waals surface area contributed by atoms with Crippen LogP contribution in [0.5, 0.6) is 0 Å². The van der Waals surface area contributed by atoms with Gasteiger partial charge in [-0.15, -0.1) is 0 Å². The molecule has 0 saturated carbocycles. The second-order valence-electron chi connectivity index (χ2n) is 9.31. The van der Waals surface area contributed by atoms with E-state index in [1.165, 1.54) is 11.1 Å². The van der Waals surface area contributed by atoms with Gasteiger partial charge in [0, 0.05) is 21.7 Å². The van der Waals surface area contributed by atoms with Crippen LogP contribution < -0.4 is 0 Å². The Morgan fingerprint density at radius 1 is 0.447 bits per heavy atom. The molecule has 0 aliphatic carbocycles. The summed E-state index contributed by atoms with van der Waals surface area (Å²) in [5.74, 6) is 0.707. The van der Waals surface area contributed by atoms with Gasteiger partial charge in [-0.2, -0.15) is 0 Å². The van der Waals surface area contributed by atoms with Crippen LogP contribution in [-0.2, 0) is 0 Å².